The summed E-state index contributed by atoms with van der Waals surface area (Å²) < 4.78 is 44.8. The summed E-state index contributed by atoms with van der Waals surface area (Å²) in [5, 5.41) is 2.87. The van der Waals surface area contributed by atoms with Gasteiger partial charge in [0.05, 0.1) is 5.48 Å². The summed E-state index contributed by atoms with van der Waals surface area (Å²) in [5.74, 6) is 0.983. The van der Waals surface area contributed by atoms with Crippen molar-refractivity contribution in [2.45, 2.75) is 103 Å². The smallest absolute Gasteiger partial charge is 0.131 e. The first-order chi connectivity index (χ1) is 30.9. The Bertz CT molecular complexity index is 3110. The topological polar surface area (TPSA) is 9.23 Å². The van der Waals surface area contributed by atoms with Crippen molar-refractivity contribution in [3.05, 3.63) is 174 Å². The van der Waals surface area contributed by atoms with Crippen LogP contribution in [-0.4, -0.2) is 5.60 Å². The second kappa shape index (κ2) is 14.3. The van der Waals surface area contributed by atoms with Crippen LogP contribution in [0.5, 0.6) is 5.75 Å². The minimum Gasteiger partial charge on any atom is -0.486 e. The maximum absolute atomic E-state index is 9.81. The van der Waals surface area contributed by atoms with Crippen LogP contribution in [0.2, 0.25) is 0 Å². The Labute approximate surface area is 369 Å². The number of ether oxygens (including phenoxy) is 1. The van der Waals surface area contributed by atoms with Gasteiger partial charge in [0, 0.05) is 16.5 Å². The zero-order valence-electron chi connectivity index (χ0n) is 40.9. The molecule has 0 radical (unpaired) electrons. The number of benzene rings is 8. The lowest BCUT2D eigenvalue weighted by Crippen LogP contribution is -2.49. The molecule has 1 heteroatoms. The van der Waals surface area contributed by atoms with E-state index in [2.05, 4.69) is 177 Å². The maximum Gasteiger partial charge on any atom is 0.131 e. The second-order valence-corrected chi connectivity index (χ2v) is 20.1. The summed E-state index contributed by atoms with van der Waals surface area (Å²) in [5.41, 5.74) is 13.1. The van der Waals surface area contributed by atoms with Crippen molar-refractivity contribution in [2.24, 2.45) is 0 Å². The summed E-state index contributed by atoms with van der Waals surface area (Å²) in [6, 6.07) is 46.9. The van der Waals surface area contributed by atoms with Crippen LogP contribution in [0.3, 0.4) is 0 Å². The van der Waals surface area contributed by atoms with E-state index in [1.54, 1.807) is 0 Å². The molecule has 0 bridgehead atoms. The number of fused-ring (bicyclic) bond motifs is 5. The van der Waals surface area contributed by atoms with Crippen molar-refractivity contribution < 1.29 is 10.2 Å². The minimum absolute atomic E-state index is 0.0221. The molecule has 1 fully saturated rings. The minimum atomic E-state index is -0.246. The van der Waals surface area contributed by atoms with E-state index in [-0.39, 0.29) is 46.0 Å². The Hall–Kier alpha value is -5.92. The van der Waals surface area contributed by atoms with Gasteiger partial charge < -0.3 is 4.74 Å². The molecule has 1 aliphatic heterocycles. The summed E-state index contributed by atoms with van der Waals surface area (Å²) in [4.78, 5) is 0. The van der Waals surface area contributed by atoms with Crippen LogP contribution in [0.4, 0.5) is 0 Å². The zero-order valence-corrected chi connectivity index (χ0v) is 36.9. The summed E-state index contributed by atoms with van der Waals surface area (Å²) in [6.07, 6.45) is 4.53. The molecule has 0 N–H and O–H groups in total. The fourth-order valence-corrected chi connectivity index (χ4v) is 10.5. The van der Waals surface area contributed by atoms with E-state index >= 15 is 0 Å². The van der Waals surface area contributed by atoms with Crippen molar-refractivity contribution in [3.63, 3.8) is 0 Å². The van der Waals surface area contributed by atoms with Gasteiger partial charge in [0.1, 0.15) is 11.4 Å². The second-order valence-electron chi connectivity index (χ2n) is 20.1. The van der Waals surface area contributed by atoms with Gasteiger partial charge in [-0.1, -0.05) is 213 Å². The summed E-state index contributed by atoms with van der Waals surface area (Å²) in [7, 11) is 0. The average Bonchev–Trinajstić information content (AvgIpc) is 3.55. The highest BCUT2D eigenvalue weighted by molar-refractivity contribution is 6.23. The number of hydrogen-bond acceptors (Lipinski definition) is 1. The molecule has 1 nitrogen and oxygen atoms in total. The van der Waals surface area contributed by atoms with Gasteiger partial charge in [-0.25, -0.2) is 0 Å². The maximum atomic E-state index is 9.81. The molecule has 1 saturated carbocycles. The van der Waals surface area contributed by atoms with E-state index < -0.39 is 0 Å². The fraction of sp³-hybridized carbons (Fsp3) is 0.267. The number of para-hydroxylation sites is 1. The van der Waals surface area contributed by atoms with E-state index in [1.165, 1.54) is 29.5 Å². The van der Waals surface area contributed by atoms with Gasteiger partial charge in [0.15, 0.2) is 0 Å². The van der Waals surface area contributed by atoms with Crippen molar-refractivity contribution in [3.8, 4) is 61.4 Å². The third-order valence-corrected chi connectivity index (χ3v) is 14.3. The van der Waals surface area contributed by atoms with Crippen LogP contribution in [-0.2, 0) is 16.2 Å². The first-order valence-corrected chi connectivity index (χ1v) is 22.1. The highest BCUT2D eigenvalue weighted by Crippen LogP contribution is 2.58. The molecule has 10 rings (SSSR count). The highest BCUT2D eigenvalue weighted by atomic mass is 16.5. The highest BCUT2D eigenvalue weighted by Gasteiger charge is 2.55. The van der Waals surface area contributed by atoms with Crippen LogP contribution < -0.4 is 4.74 Å². The molecule has 2 aliphatic rings. The summed E-state index contributed by atoms with van der Waals surface area (Å²) in [6.45, 7) is 18.0. The predicted octanol–water partition coefficient (Wildman–Crippen LogP) is 16.9. The SMILES string of the molecule is [2H]c1c([2H])c([2H])c2c(-c3c(-c4ccc(C(C)(C)C)cc4)cccc3-c3ccc(C(C)(C)C)cc3)c3ccccc3c(-c3ccc(-c4cccc5c4OC4(C)CCCCC54C)cc3)c2c1[2H]. The largest absolute Gasteiger partial charge is 0.486 e. The van der Waals surface area contributed by atoms with Crippen LogP contribution in [0.1, 0.15) is 103 Å². The lowest BCUT2D eigenvalue weighted by Gasteiger charge is -2.43. The van der Waals surface area contributed by atoms with E-state index in [0.29, 0.717) is 10.8 Å². The monoisotopic (exact) mass is 798 g/mol. The molecular formula is C60H58O. The fourth-order valence-electron chi connectivity index (χ4n) is 10.5. The number of hydrogen-bond donors (Lipinski definition) is 0. The zero-order chi connectivity index (χ0) is 45.8. The van der Waals surface area contributed by atoms with Crippen LogP contribution in [0.25, 0.3) is 77.2 Å². The quantitative estimate of drug-likeness (QED) is 0.158. The first kappa shape index (κ1) is 34.8. The molecule has 2 atom stereocenters. The van der Waals surface area contributed by atoms with Gasteiger partial charge in [-0.15, -0.1) is 0 Å². The predicted molar refractivity (Wildman–Crippen MR) is 261 cm³/mol. The van der Waals surface area contributed by atoms with Crippen LogP contribution >= 0.6 is 0 Å². The Balaban J connectivity index is 1.25. The van der Waals surface area contributed by atoms with E-state index in [9.17, 15) is 4.11 Å². The first-order valence-electron chi connectivity index (χ1n) is 24.1. The normalized spacial score (nSPS) is 19.7. The van der Waals surface area contributed by atoms with Crippen LogP contribution in [0, 0.1) is 0 Å². The molecule has 1 heterocycles. The third-order valence-electron chi connectivity index (χ3n) is 14.3. The van der Waals surface area contributed by atoms with Gasteiger partial charge >= 0.3 is 0 Å². The molecule has 0 amide bonds. The van der Waals surface area contributed by atoms with Crippen LogP contribution in [0.15, 0.2) is 158 Å². The molecule has 2 unspecified atom stereocenters. The van der Waals surface area contributed by atoms with Crippen molar-refractivity contribution in [2.75, 3.05) is 0 Å². The van der Waals surface area contributed by atoms with Crippen molar-refractivity contribution in [1.82, 2.24) is 0 Å². The van der Waals surface area contributed by atoms with Crippen molar-refractivity contribution >= 4 is 21.5 Å². The third kappa shape index (κ3) is 6.43. The van der Waals surface area contributed by atoms with E-state index in [0.717, 1.165) is 85.0 Å². The van der Waals surface area contributed by atoms with Gasteiger partial charge in [-0.2, -0.15) is 0 Å². The Kier molecular flexibility index (Phi) is 8.17. The van der Waals surface area contributed by atoms with E-state index in [4.69, 9.17) is 6.11 Å². The van der Waals surface area contributed by atoms with Crippen molar-refractivity contribution in [1.29, 1.82) is 0 Å². The number of rotatable bonds is 5. The molecule has 61 heavy (non-hydrogen) atoms. The Morgan fingerprint density at radius 2 is 0.918 bits per heavy atom. The average molecular weight is 799 g/mol. The van der Waals surface area contributed by atoms with Gasteiger partial charge in [0.2, 0.25) is 0 Å². The molecule has 8 aromatic rings. The van der Waals surface area contributed by atoms with Gasteiger partial charge in [0.25, 0.3) is 0 Å². The van der Waals surface area contributed by atoms with Gasteiger partial charge in [-0.05, 0) is 120 Å². The molecule has 0 saturated heterocycles. The molecule has 0 spiro atoms. The molecule has 1 aliphatic carbocycles. The molecule has 8 aromatic carbocycles. The Morgan fingerprint density at radius 1 is 0.459 bits per heavy atom. The molecule has 0 aromatic heterocycles. The Morgan fingerprint density at radius 3 is 1.49 bits per heavy atom. The molecule has 304 valence electrons. The standard InChI is InChI=1S/C60H58O/c1-57(2,3)43-33-29-39(30-34-43)45-21-15-22-46(40-31-35-44(36-32-40)58(4,5)6)54(45)55-50-19-11-9-17-48(50)53(49-18-10-12-20-51(49)55)42-27-25-41(26-28-42)47-23-16-24-52-56(47)61-60(8)38-14-13-37-59(52,60)7/h9-12,15-36H,13-14,37-38H2,1-8H3/i9D,11D,17D,19D. The van der Waals surface area contributed by atoms with Gasteiger partial charge in [-0.3, -0.25) is 0 Å². The lowest BCUT2D eigenvalue weighted by molar-refractivity contribution is 0.00769. The van der Waals surface area contributed by atoms with E-state index in [1.807, 2.05) is 12.1 Å². The molecular weight excluding hydrogens is 737 g/mol. The lowest BCUT2D eigenvalue weighted by atomic mass is 9.63. The summed E-state index contributed by atoms with van der Waals surface area (Å²) >= 11 is 0.